The molecule has 4 N–H and O–H groups in total. The summed E-state index contributed by atoms with van der Waals surface area (Å²) in [5.74, 6) is 0.974. The third kappa shape index (κ3) is 1.72. The van der Waals surface area contributed by atoms with E-state index in [2.05, 4.69) is 9.88 Å². The van der Waals surface area contributed by atoms with Crippen LogP contribution in [-0.2, 0) is 0 Å². The molecular weight excluding hydrogens is 164 g/mol. The molecule has 0 amide bonds. The summed E-state index contributed by atoms with van der Waals surface area (Å²) in [6.07, 6.45) is 2.73. The minimum absolute atomic E-state index is 0.291. The van der Waals surface area contributed by atoms with Crippen molar-refractivity contribution >= 4 is 11.5 Å². The first kappa shape index (κ1) is 8.31. The summed E-state index contributed by atoms with van der Waals surface area (Å²) in [5, 5.41) is 0. The molecule has 0 spiro atoms. The molecule has 1 saturated heterocycles. The normalized spacial score (nSPS) is 22.2. The average Bonchev–Trinajstić information content (AvgIpc) is 2.53. The van der Waals surface area contributed by atoms with Crippen LogP contribution < -0.4 is 16.4 Å². The van der Waals surface area contributed by atoms with Crippen molar-refractivity contribution in [2.75, 3.05) is 23.7 Å². The monoisotopic (exact) mass is 178 g/mol. The van der Waals surface area contributed by atoms with Crippen molar-refractivity contribution in [1.29, 1.82) is 0 Å². The molecule has 2 rings (SSSR count). The Kier molecular flexibility index (Phi) is 2.06. The second kappa shape index (κ2) is 3.22. The van der Waals surface area contributed by atoms with Gasteiger partial charge in [0.1, 0.15) is 5.82 Å². The first-order chi connectivity index (χ1) is 6.25. The summed E-state index contributed by atoms with van der Waals surface area (Å²) >= 11 is 0. The molecule has 0 aliphatic carbocycles. The van der Waals surface area contributed by atoms with Gasteiger partial charge in [0.05, 0.1) is 11.9 Å². The van der Waals surface area contributed by atoms with Crippen LogP contribution in [0.1, 0.15) is 6.42 Å². The van der Waals surface area contributed by atoms with Crippen LogP contribution in [0.25, 0.3) is 0 Å². The lowest BCUT2D eigenvalue weighted by Gasteiger charge is -2.16. The van der Waals surface area contributed by atoms with Gasteiger partial charge in [-0.25, -0.2) is 4.98 Å². The van der Waals surface area contributed by atoms with E-state index < -0.39 is 0 Å². The third-order valence-electron chi connectivity index (χ3n) is 2.32. The van der Waals surface area contributed by atoms with E-state index in [0.717, 1.165) is 25.3 Å². The maximum absolute atomic E-state index is 5.80. The molecular formula is C9H14N4. The van der Waals surface area contributed by atoms with Crippen LogP contribution in [0.5, 0.6) is 0 Å². The quantitative estimate of drug-likeness (QED) is 0.644. The maximum Gasteiger partial charge on any atom is 0.128 e. The zero-order chi connectivity index (χ0) is 9.26. The highest BCUT2D eigenvalue weighted by Gasteiger charge is 2.19. The second-order valence-corrected chi connectivity index (χ2v) is 3.44. The summed E-state index contributed by atoms with van der Waals surface area (Å²) in [6.45, 7) is 1.90. The zero-order valence-corrected chi connectivity index (χ0v) is 7.48. The van der Waals surface area contributed by atoms with Crippen molar-refractivity contribution in [3.8, 4) is 0 Å². The molecule has 1 unspecified atom stereocenters. The lowest BCUT2D eigenvalue weighted by Crippen LogP contribution is -2.26. The molecule has 1 aliphatic heterocycles. The molecule has 1 aromatic rings. The largest absolute Gasteiger partial charge is 0.397 e. The number of nitrogens with zero attached hydrogens (tertiary/aromatic N) is 2. The SMILES string of the molecule is Nc1ccc(N2CCC(N)C2)nc1. The number of anilines is 2. The van der Waals surface area contributed by atoms with Crippen LogP contribution in [0.15, 0.2) is 18.3 Å². The van der Waals surface area contributed by atoms with E-state index in [9.17, 15) is 0 Å². The first-order valence-electron chi connectivity index (χ1n) is 4.48. The van der Waals surface area contributed by atoms with Crippen LogP contribution in [0.4, 0.5) is 11.5 Å². The molecule has 4 heteroatoms. The van der Waals surface area contributed by atoms with E-state index in [0.29, 0.717) is 11.7 Å². The molecule has 0 radical (unpaired) electrons. The predicted molar refractivity (Wildman–Crippen MR) is 53.5 cm³/mol. The van der Waals surface area contributed by atoms with Crippen LogP contribution in [-0.4, -0.2) is 24.1 Å². The number of hydrogen-bond donors (Lipinski definition) is 2. The number of pyridine rings is 1. The average molecular weight is 178 g/mol. The van der Waals surface area contributed by atoms with Crippen LogP contribution in [0.2, 0.25) is 0 Å². The number of aromatic nitrogens is 1. The fraction of sp³-hybridized carbons (Fsp3) is 0.444. The predicted octanol–water partition coefficient (Wildman–Crippen LogP) is 0.201. The molecule has 1 aromatic heterocycles. The summed E-state index contributed by atoms with van der Waals surface area (Å²) < 4.78 is 0. The van der Waals surface area contributed by atoms with Gasteiger partial charge in [0.2, 0.25) is 0 Å². The molecule has 70 valence electrons. The molecule has 1 atom stereocenters. The second-order valence-electron chi connectivity index (χ2n) is 3.44. The van der Waals surface area contributed by atoms with Gasteiger partial charge in [-0.15, -0.1) is 0 Å². The summed E-state index contributed by atoms with van der Waals surface area (Å²) in [6, 6.07) is 4.10. The Balaban J connectivity index is 2.13. The zero-order valence-electron chi connectivity index (χ0n) is 7.48. The molecule has 0 saturated carbocycles. The Labute approximate surface area is 77.5 Å². The van der Waals surface area contributed by atoms with E-state index in [1.165, 1.54) is 0 Å². The number of hydrogen-bond acceptors (Lipinski definition) is 4. The Morgan fingerprint density at radius 2 is 2.31 bits per heavy atom. The fourth-order valence-electron chi connectivity index (χ4n) is 1.58. The molecule has 1 aliphatic rings. The van der Waals surface area contributed by atoms with E-state index in [1.807, 2.05) is 12.1 Å². The van der Waals surface area contributed by atoms with E-state index in [1.54, 1.807) is 6.20 Å². The van der Waals surface area contributed by atoms with Gasteiger partial charge in [0.25, 0.3) is 0 Å². The van der Waals surface area contributed by atoms with Crippen molar-refractivity contribution in [3.05, 3.63) is 18.3 Å². The Bertz CT molecular complexity index is 282. The topological polar surface area (TPSA) is 68.2 Å². The van der Waals surface area contributed by atoms with Crippen molar-refractivity contribution in [2.45, 2.75) is 12.5 Å². The fourth-order valence-corrected chi connectivity index (χ4v) is 1.58. The Morgan fingerprint density at radius 1 is 1.46 bits per heavy atom. The summed E-state index contributed by atoms with van der Waals surface area (Å²) in [4.78, 5) is 6.42. The van der Waals surface area contributed by atoms with Crippen molar-refractivity contribution in [1.82, 2.24) is 4.98 Å². The van der Waals surface area contributed by atoms with Crippen molar-refractivity contribution in [3.63, 3.8) is 0 Å². The minimum atomic E-state index is 0.291. The van der Waals surface area contributed by atoms with Crippen molar-refractivity contribution in [2.24, 2.45) is 5.73 Å². The highest BCUT2D eigenvalue weighted by molar-refractivity contribution is 5.46. The van der Waals surface area contributed by atoms with Gasteiger partial charge in [-0.3, -0.25) is 0 Å². The Hall–Kier alpha value is -1.29. The van der Waals surface area contributed by atoms with E-state index in [4.69, 9.17) is 11.5 Å². The molecule has 13 heavy (non-hydrogen) atoms. The van der Waals surface area contributed by atoms with Gasteiger partial charge in [0.15, 0.2) is 0 Å². The third-order valence-corrected chi connectivity index (χ3v) is 2.32. The smallest absolute Gasteiger partial charge is 0.128 e. The van der Waals surface area contributed by atoms with Crippen LogP contribution in [0, 0.1) is 0 Å². The first-order valence-corrected chi connectivity index (χ1v) is 4.48. The minimum Gasteiger partial charge on any atom is -0.397 e. The van der Waals surface area contributed by atoms with Gasteiger partial charge >= 0.3 is 0 Å². The standard InChI is InChI=1S/C9H14N4/c10-7-1-2-9(12-5-7)13-4-3-8(11)6-13/h1-2,5,8H,3-4,6,10-11H2. The maximum atomic E-state index is 5.80. The number of nitrogens with two attached hydrogens (primary N) is 2. The van der Waals surface area contributed by atoms with E-state index in [-0.39, 0.29) is 0 Å². The number of nitrogen functional groups attached to an aromatic ring is 1. The lowest BCUT2D eigenvalue weighted by molar-refractivity contribution is 0.751. The molecule has 0 aromatic carbocycles. The van der Waals surface area contributed by atoms with Gasteiger partial charge in [-0.2, -0.15) is 0 Å². The molecule has 4 nitrogen and oxygen atoms in total. The van der Waals surface area contributed by atoms with Gasteiger partial charge in [-0.1, -0.05) is 0 Å². The van der Waals surface area contributed by atoms with Crippen LogP contribution >= 0.6 is 0 Å². The van der Waals surface area contributed by atoms with Gasteiger partial charge in [-0.05, 0) is 18.6 Å². The number of rotatable bonds is 1. The molecule has 0 bridgehead atoms. The summed E-state index contributed by atoms with van der Waals surface area (Å²) in [7, 11) is 0. The Morgan fingerprint density at radius 3 is 2.85 bits per heavy atom. The molecule has 2 heterocycles. The van der Waals surface area contributed by atoms with Crippen molar-refractivity contribution < 1.29 is 0 Å². The highest BCUT2D eigenvalue weighted by atomic mass is 15.2. The lowest BCUT2D eigenvalue weighted by atomic mass is 10.3. The van der Waals surface area contributed by atoms with Gasteiger partial charge in [0, 0.05) is 19.1 Å². The van der Waals surface area contributed by atoms with E-state index >= 15 is 0 Å². The van der Waals surface area contributed by atoms with Crippen LogP contribution in [0.3, 0.4) is 0 Å². The van der Waals surface area contributed by atoms with Gasteiger partial charge < -0.3 is 16.4 Å². The summed E-state index contributed by atoms with van der Waals surface area (Å²) in [5.41, 5.74) is 12.0. The molecule has 1 fully saturated rings. The highest BCUT2D eigenvalue weighted by Crippen LogP contribution is 2.17.